The fourth-order valence-corrected chi connectivity index (χ4v) is 8.76. The van der Waals surface area contributed by atoms with Crippen molar-refractivity contribution in [2.75, 3.05) is 0 Å². The Bertz CT molecular complexity index is 886. The zero-order valence-corrected chi connectivity index (χ0v) is 20.5. The second-order valence-electron chi connectivity index (χ2n) is 12.6. The molecule has 4 bridgehead atoms. The van der Waals surface area contributed by atoms with Crippen molar-refractivity contribution in [2.45, 2.75) is 96.6 Å². The molecule has 13 atom stereocenters. The fourth-order valence-electron chi connectivity index (χ4n) is 8.76. The zero-order chi connectivity index (χ0) is 23.9. The summed E-state index contributed by atoms with van der Waals surface area (Å²) in [5.41, 5.74) is -0.792. The van der Waals surface area contributed by atoms with E-state index < -0.39 is 23.2 Å². The molecule has 1 saturated heterocycles. The lowest BCUT2D eigenvalue weighted by atomic mass is 9.78. The Morgan fingerprint density at radius 3 is 2.47 bits per heavy atom. The first-order valence-electron chi connectivity index (χ1n) is 13.5. The normalized spacial score (nSPS) is 47.6. The van der Waals surface area contributed by atoms with Crippen LogP contribution in [0.2, 0.25) is 0 Å². The SMILES string of the molecule is CCC(C)(CC(C)C(=O)OC1CC2CC1C1C2CC2OC21)C(=O)OC1CC2CC(C(=O)O)C1C2. The average Bonchev–Trinajstić information content (AvgIpc) is 3.29. The van der Waals surface area contributed by atoms with Crippen LogP contribution in [0.4, 0.5) is 0 Å². The first-order valence-corrected chi connectivity index (χ1v) is 13.5. The van der Waals surface area contributed by atoms with Crippen LogP contribution < -0.4 is 0 Å². The van der Waals surface area contributed by atoms with Crippen LogP contribution in [0, 0.1) is 52.8 Å². The smallest absolute Gasteiger partial charge is 0.312 e. The van der Waals surface area contributed by atoms with Crippen molar-refractivity contribution < 1.29 is 33.7 Å². The highest BCUT2D eigenvalue weighted by Crippen LogP contribution is 2.64. The quantitative estimate of drug-likeness (QED) is 0.421. The van der Waals surface area contributed by atoms with E-state index in [4.69, 9.17) is 14.2 Å². The van der Waals surface area contributed by atoms with Crippen molar-refractivity contribution in [3.8, 4) is 0 Å². The van der Waals surface area contributed by atoms with Crippen molar-refractivity contribution in [3.05, 3.63) is 0 Å². The molecule has 0 radical (unpaired) electrons. The molecule has 188 valence electrons. The maximum absolute atomic E-state index is 13.2. The van der Waals surface area contributed by atoms with Gasteiger partial charge in [0.15, 0.2) is 0 Å². The Hall–Kier alpha value is -1.63. The summed E-state index contributed by atoms with van der Waals surface area (Å²) in [6.07, 6.45) is 7.10. The number of esters is 2. The molecule has 13 unspecified atom stereocenters. The van der Waals surface area contributed by atoms with Crippen LogP contribution in [0.5, 0.6) is 0 Å². The molecule has 6 fully saturated rings. The number of rotatable bonds is 8. The summed E-state index contributed by atoms with van der Waals surface area (Å²) in [7, 11) is 0. The molecule has 6 rings (SSSR count). The van der Waals surface area contributed by atoms with Gasteiger partial charge in [0.1, 0.15) is 12.2 Å². The number of carbonyl (C=O) groups excluding carboxylic acids is 2. The van der Waals surface area contributed by atoms with Crippen molar-refractivity contribution in [3.63, 3.8) is 0 Å². The summed E-state index contributed by atoms with van der Waals surface area (Å²) in [6.45, 7) is 5.67. The van der Waals surface area contributed by atoms with Gasteiger partial charge in [-0.25, -0.2) is 0 Å². The number of ether oxygens (including phenoxy) is 3. The van der Waals surface area contributed by atoms with Gasteiger partial charge in [0, 0.05) is 11.8 Å². The molecule has 0 spiro atoms. The molecule has 1 N–H and O–H groups in total. The van der Waals surface area contributed by atoms with E-state index in [-0.39, 0.29) is 30.1 Å². The monoisotopic (exact) mass is 474 g/mol. The highest BCUT2D eigenvalue weighted by molar-refractivity contribution is 5.79. The van der Waals surface area contributed by atoms with Crippen LogP contribution in [0.25, 0.3) is 0 Å². The largest absolute Gasteiger partial charge is 0.481 e. The van der Waals surface area contributed by atoms with Crippen LogP contribution >= 0.6 is 0 Å². The lowest BCUT2D eigenvalue weighted by Gasteiger charge is -2.34. The molecule has 0 aromatic heterocycles. The first kappa shape index (κ1) is 22.8. The lowest BCUT2D eigenvalue weighted by Crippen LogP contribution is -2.40. The molecule has 7 nitrogen and oxygen atoms in total. The van der Waals surface area contributed by atoms with Gasteiger partial charge in [-0.1, -0.05) is 13.8 Å². The predicted molar refractivity (Wildman–Crippen MR) is 120 cm³/mol. The van der Waals surface area contributed by atoms with Crippen LogP contribution in [0.3, 0.4) is 0 Å². The molecule has 5 saturated carbocycles. The van der Waals surface area contributed by atoms with Crippen molar-refractivity contribution in [1.82, 2.24) is 0 Å². The van der Waals surface area contributed by atoms with Gasteiger partial charge in [0.05, 0.1) is 29.5 Å². The molecular weight excluding hydrogens is 436 g/mol. The number of carbonyl (C=O) groups is 3. The molecule has 0 aromatic rings. The number of hydrogen-bond donors (Lipinski definition) is 1. The minimum Gasteiger partial charge on any atom is -0.481 e. The number of hydrogen-bond acceptors (Lipinski definition) is 6. The predicted octanol–water partition coefficient (Wildman–Crippen LogP) is 3.83. The number of fused-ring (bicyclic) bond motifs is 9. The van der Waals surface area contributed by atoms with Crippen LogP contribution in [-0.2, 0) is 28.6 Å². The summed E-state index contributed by atoms with van der Waals surface area (Å²) in [4.78, 5) is 37.9. The summed E-state index contributed by atoms with van der Waals surface area (Å²) >= 11 is 0. The zero-order valence-electron chi connectivity index (χ0n) is 20.5. The van der Waals surface area contributed by atoms with E-state index in [1.165, 1.54) is 6.42 Å². The number of epoxide rings is 1. The van der Waals surface area contributed by atoms with Gasteiger partial charge in [-0.2, -0.15) is 0 Å². The Morgan fingerprint density at radius 2 is 1.76 bits per heavy atom. The fraction of sp³-hybridized carbons (Fsp3) is 0.889. The molecule has 1 aliphatic heterocycles. The van der Waals surface area contributed by atoms with Crippen LogP contribution in [-0.4, -0.2) is 47.4 Å². The van der Waals surface area contributed by atoms with Gasteiger partial charge in [-0.05, 0) is 82.0 Å². The Balaban J connectivity index is 1.05. The van der Waals surface area contributed by atoms with Gasteiger partial charge in [0.2, 0.25) is 0 Å². The van der Waals surface area contributed by atoms with Gasteiger partial charge < -0.3 is 19.3 Å². The summed E-state index contributed by atoms with van der Waals surface area (Å²) in [6, 6.07) is 0. The van der Waals surface area contributed by atoms with Gasteiger partial charge >= 0.3 is 17.9 Å². The average molecular weight is 475 g/mol. The minimum absolute atomic E-state index is 0.00836. The van der Waals surface area contributed by atoms with Gasteiger partial charge in [0.25, 0.3) is 0 Å². The van der Waals surface area contributed by atoms with E-state index in [1.807, 2.05) is 20.8 Å². The topological polar surface area (TPSA) is 102 Å². The molecule has 7 heteroatoms. The van der Waals surface area contributed by atoms with E-state index in [2.05, 4.69) is 0 Å². The van der Waals surface area contributed by atoms with Crippen LogP contribution in [0.1, 0.15) is 72.1 Å². The summed E-state index contributed by atoms with van der Waals surface area (Å²) < 4.78 is 17.8. The molecule has 34 heavy (non-hydrogen) atoms. The third-order valence-electron chi connectivity index (χ3n) is 10.7. The van der Waals surface area contributed by atoms with Gasteiger partial charge in [-0.15, -0.1) is 0 Å². The molecule has 5 aliphatic carbocycles. The van der Waals surface area contributed by atoms with E-state index in [0.29, 0.717) is 55.1 Å². The van der Waals surface area contributed by atoms with Crippen LogP contribution in [0.15, 0.2) is 0 Å². The number of carboxylic acid groups (broad SMARTS) is 1. The Kier molecular flexibility index (Phi) is 5.33. The van der Waals surface area contributed by atoms with E-state index in [0.717, 1.165) is 31.6 Å². The lowest BCUT2D eigenvalue weighted by molar-refractivity contribution is -0.170. The Labute approximate surface area is 201 Å². The molecule has 1 heterocycles. The van der Waals surface area contributed by atoms with Crippen molar-refractivity contribution in [2.24, 2.45) is 52.8 Å². The highest BCUT2D eigenvalue weighted by atomic mass is 16.6. The standard InChI is InChI=1S/C27H38O7/c1-4-27(3,26(31)34-19-7-13-5-16(19)17(6-13)24(28)29)11-12(2)25(30)33-20-9-14-8-18(20)22-15(14)10-21-23(22)32-21/h12-23H,4-11H2,1-3H3,(H,28,29). The first-order chi connectivity index (χ1) is 16.2. The second-order valence-corrected chi connectivity index (χ2v) is 12.6. The van der Waals surface area contributed by atoms with Crippen molar-refractivity contribution >= 4 is 17.9 Å². The van der Waals surface area contributed by atoms with E-state index >= 15 is 0 Å². The third kappa shape index (κ3) is 3.51. The third-order valence-corrected chi connectivity index (χ3v) is 10.7. The number of carboxylic acids is 1. The maximum Gasteiger partial charge on any atom is 0.312 e. The highest BCUT2D eigenvalue weighted by Gasteiger charge is 2.67. The second kappa shape index (κ2) is 7.94. The van der Waals surface area contributed by atoms with Gasteiger partial charge in [-0.3, -0.25) is 14.4 Å². The van der Waals surface area contributed by atoms with E-state index in [1.54, 1.807) is 0 Å². The van der Waals surface area contributed by atoms with Crippen molar-refractivity contribution in [1.29, 1.82) is 0 Å². The molecule has 0 amide bonds. The Morgan fingerprint density at radius 1 is 1.00 bits per heavy atom. The summed E-state index contributed by atoms with van der Waals surface area (Å²) in [5, 5.41) is 9.50. The molecular formula is C27H38O7. The number of aliphatic carboxylic acids is 1. The maximum atomic E-state index is 13.2. The molecule has 0 aromatic carbocycles. The minimum atomic E-state index is -0.792. The molecule has 6 aliphatic rings. The summed E-state index contributed by atoms with van der Waals surface area (Å²) in [5.74, 6) is 0.610. The van der Waals surface area contributed by atoms with E-state index in [9.17, 15) is 19.5 Å².